The Morgan fingerprint density at radius 2 is 1.71 bits per heavy atom. The largest absolute Gasteiger partial charge is 0.315 e. The quantitative estimate of drug-likeness (QED) is 0.906. The highest BCUT2D eigenvalue weighted by Crippen LogP contribution is 2.34. The molecule has 2 aliphatic rings. The summed E-state index contributed by atoms with van der Waals surface area (Å²) in [7, 11) is 0. The van der Waals surface area contributed by atoms with E-state index in [4.69, 9.17) is 11.6 Å². The summed E-state index contributed by atoms with van der Waals surface area (Å²) in [4.78, 5) is 0. The van der Waals surface area contributed by atoms with E-state index in [-0.39, 0.29) is 5.41 Å². The first-order chi connectivity index (χ1) is 10.3. The molecule has 108 valence electrons. The lowest BCUT2D eigenvalue weighted by Crippen LogP contribution is -2.58. The van der Waals surface area contributed by atoms with Crippen LogP contribution in [0.1, 0.15) is 28.7 Å². The Hall–Kier alpha value is -1.31. The molecule has 0 aromatic heterocycles. The molecular formula is C19H20ClN. The Kier molecular flexibility index (Phi) is 3.28. The lowest BCUT2D eigenvalue weighted by Gasteiger charge is -2.43. The molecule has 0 atom stereocenters. The summed E-state index contributed by atoms with van der Waals surface area (Å²) in [5.74, 6) is 0. The van der Waals surface area contributed by atoms with Crippen LogP contribution in [0.5, 0.6) is 0 Å². The molecule has 1 aliphatic carbocycles. The van der Waals surface area contributed by atoms with Crippen molar-refractivity contribution in [1.82, 2.24) is 5.32 Å². The van der Waals surface area contributed by atoms with Crippen LogP contribution in [0.4, 0.5) is 0 Å². The van der Waals surface area contributed by atoms with Crippen LogP contribution in [0.3, 0.4) is 0 Å². The van der Waals surface area contributed by atoms with Gasteiger partial charge in [-0.15, -0.1) is 0 Å². The van der Waals surface area contributed by atoms with Gasteiger partial charge in [0.05, 0.1) is 0 Å². The lowest BCUT2D eigenvalue weighted by atomic mass is 9.71. The second-order valence-electron chi connectivity index (χ2n) is 6.52. The van der Waals surface area contributed by atoms with Crippen LogP contribution in [0.2, 0.25) is 5.02 Å². The molecule has 1 N–H and O–H groups in total. The van der Waals surface area contributed by atoms with Crippen molar-refractivity contribution in [2.24, 2.45) is 0 Å². The number of nitrogens with one attached hydrogen (secondary N) is 1. The molecular weight excluding hydrogens is 278 g/mol. The third-order valence-corrected chi connectivity index (χ3v) is 5.34. The molecule has 2 heteroatoms. The van der Waals surface area contributed by atoms with Crippen molar-refractivity contribution >= 4 is 11.6 Å². The van der Waals surface area contributed by atoms with Gasteiger partial charge in [-0.1, -0.05) is 41.9 Å². The maximum atomic E-state index is 6.03. The molecule has 0 saturated carbocycles. The summed E-state index contributed by atoms with van der Waals surface area (Å²) in [6, 6.07) is 15.5. The topological polar surface area (TPSA) is 12.0 Å². The molecule has 0 amide bonds. The van der Waals surface area contributed by atoms with Crippen molar-refractivity contribution < 1.29 is 0 Å². The van der Waals surface area contributed by atoms with E-state index in [1.807, 2.05) is 12.1 Å². The Morgan fingerprint density at radius 3 is 2.43 bits per heavy atom. The minimum absolute atomic E-state index is 0.247. The van der Waals surface area contributed by atoms with E-state index < -0.39 is 0 Å². The standard InChI is InChI=1S/C19H20ClN/c20-18-8-6-17(7-9-18)19(12-21-13-19)11-14-4-5-15-2-1-3-16(15)10-14/h4-10,21H,1-3,11-13H2. The first kappa shape index (κ1) is 13.4. The van der Waals surface area contributed by atoms with E-state index in [1.54, 1.807) is 11.1 Å². The fourth-order valence-corrected chi connectivity index (χ4v) is 3.91. The third-order valence-electron chi connectivity index (χ3n) is 5.09. The van der Waals surface area contributed by atoms with Gasteiger partial charge < -0.3 is 5.32 Å². The SMILES string of the molecule is Clc1ccc(C2(Cc3ccc4c(c3)CCC4)CNC2)cc1. The molecule has 0 radical (unpaired) electrons. The summed E-state index contributed by atoms with van der Waals surface area (Å²) < 4.78 is 0. The van der Waals surface area contributed by atoms with Crippen molar-refractivity contribution in [3.8, 4) is 0 Å². The Labute approximate surface area is 131 Å². The molecule has 0 unspecified atom stereocenters. The van der Waals surface area contributed by atoms with Crippen molar-refractivity contribution in [3.05, 3.63) is 69.7 Å². The second-order valence-corrected chi connectivity index (χ2v) is 6.96. The van der Waals surface area contributed by atoms with Gasteiger partial charge in [0, 0.05) is 23.5 Å². The Bertz CT molecular complexity index is 656. The van der Waals surface area contributed by atoms with Gasteiger partial charge in [0.25, 0.3) is 0 Å². The normalized spacial score (nSPS) is 19.1. The monoisotopic (exact) mass is 297 g/mol. The lowest BCUT2D eigenvalue weighted by molar-refractivity contribution is 0.274. The molecule has 0 spiro atoms. The van der Waals surface area contributed by atoms with E-state index in [0.717, 1.165) is 24.5 Å². The molecule has 1 fully saturated rings. The van der Waals surface area contributed by atoms with Gasteiger partial charge in [-0.05, 0) is 60.1 Å². The van der Waals surface area contributed by atoms with Crippen LogP contribution in [-0.2, 0) is 24.7 Å². The van der Waals surface area contributed by atoms with Crippen LogP contribution in [-0.4, -0.2) is 13.1 Å². The van der Waals surface area contributed by atoms with Crippen LogP contribution in [0, 0.1) is 0 Å². The zero-order chi connectivity index (χ0) is 14.3. The predicted molar refractivity (Wildman–Crippen MR) is 88.2 cm³/mol. The van der Waals surface area contributed by atoms with E-state index in [2.05, 4.69) is 35.6 Å². The molecule has 0 bridgehead atoms. The maximum Gasteiger partial charge on any atom is 0.0406 e. The second kappa shape index (κ2) is 5.15. The number of fused-ring (bicyclic) bond motifs is 1. The molecule has 1 aliphatic heterocycles. The van der Waals surface area contributed by atoms with E-state index in [0.29, 0.717) is 0 Å². The first-order valence-corrected chi connectivity index (χ1v) is 8.20. The molecule has 1 heterocycles. The molecule has 4 rings (SSSR count). The Balaban J connectivity index is 1.63. The van der Waals surface area contributed by atoms with Crippen LogP contribution < -0.4 is 5.32 Å². The summed E-state index contributed by atoms with van der Waals surface area (Å²) >= 11 is 6.03. The van der Waals surface area contributed by atoms with Gasteiger partial charge >= 0.3 is 0 Å². The molecule has 1 nitrogen and oxygen atoms in total. The van der Waals surface area contributed by atoms with E-state index in [1.165, 1.54) is 30.4 Å². The number of aryl methyl sites for hydroxylation is 2. The molecule has 1 saturated heterocycles. The third kappa shape index (κ3) is 2.39. The summed E-state index contributed by atoms with van der Waals surface area (Å²) in [6.45, 7) is 2.12. The highest BCUT2D eigenvalue weighted by Gasteiger charge is 2.38. The van der Waals surface area contributed by atoms with Crippen LogP contribution >= 0.6 is 11.6 Å². The van der Waals surface area contributed by atoms with Crippen molar-refractivity contribution in [1.29, 1.82) is 0 Å². The first-order valence-electron chi connectivity index (χ1n) is 7.83. The summed E-state index contributed by atoms with van der Waals surface area (Å²) in [5, 5.41) is 4.27. The molecule has 2 aromatic carbocycles. The maximum absolute atomic E-state index is 6.03. The van der Waals surface area contributed by atoms with Crippen LogP contribution in [0.15, 0.2) is 42.5 Å². The highest BCUT2D eigenvalue weighted by atomic mass is 35.5. The zero-order valence-corrected chi connectivity index (χ0v) is 12.9. The van der Waals surface area contributed by atoms with Gasteiger partial charge in [-0.3, -0.25) is 0 Å². The van der Waals surface area contributed by atoms with Crippen molar-refractivity contribution in [3.63, 3.8) is 0 Å². The van der Waals surface area contributed by atoms with Gasteiger partial charge in [-0.25, -0.2) is 0 Å². The zero-order valence-electron chi connectivity index (χ0n) is 12.2. The fraction of sp³-hybridized carbons (Fsp3) is 0.368. The van der Waals surface area contributed by atoms with E-state index >= 15 is 0 Å². The highest BCUT2D eigenvalue weighted by molar-refractivity contribution is 6.30. The van der Waals surface area contributed by atoms with E-state index in [9.17, 15) is 0 Å². The van der Waals surface area contributed by atoms with Gasteiger partial charge in [0.1, 0.15) is 0 Å². The van der Waals surface area contributed by atoms with Crippen molar-refractivity contribution in [2.45, 2.75) is 31.1 Å². The average molecular weight is 298 g/mol. The predicted octanol–water partition coefficient (Wildman–Crippen LogP) is 3.91. The van der Waals surface area contributed by atoms with Crippen LogP contribution in [0.25, 0.3) is 0 Å². The van der Waals surface area contributed by atoms with Gasteiger partial charge in [0.15, 0.2) is 0 Å². The number of halogens is 1. The fourth-order valence-electron chi connectivity index (χ4n) is 3.79. The number of hydrogen-bond acceptors (Lipinski definition) is 1. The Morgan fingerprint density at radius 1 is 0.952 bits per heavy atom. The molecule has 21 heavy (non-hydrogen) atoms. The number of rotatable bonds is 3. The number of benzene rings is 2. The summed E-state index contributed by atoms with van der Waals surface area (Å²) in [6.07, 6.45) is 4.96. The summed E-state index contributed by atoms with van der Waals surface area (Å²) in [5.41, 5.74) is 6.27. The van der Waals surface area contributed by atoms with Gasteiger partial charge in [-0.2, -0.15) is 0 Å². The smallest absolute Gasteiger partial charge is 0.0406 e. The van der Waals surface area contributed by atoms with Crippen molar-refractivity contribution in [2.75, 3.05) is 13.1 Å². The number of hydrogen-bond donors (Lipinski definition) is 1. The minimum atomic E-state index is 0.247. The molecule has 2 aromatic rings. The van der Waals surface area contributed by atoms with Gasteiger partial charge in [0.2, 0.25) is 0 Å². The minimum Gasteiger partial charge on any atom is -0.315 e. The average Bonchev–Trinajstić information content (AvgIpc) is 2.91.